The summed E-state index contributed by atoms with van der Waals surface area (Å²) in [5.41, 5.74) is 3.20. The topological polar surface area (TPSA) is 82.1 Å². The number of fused-ring (bicyclic) bond motifs is 1. The third-order valence-electron chi connectivity index (χ3n) is 4.28. The van der Waals surface area contributed by atoms with Crippen molar-refractivity contribution in [2.24, 2.45) is 0 Å². The van der Waals surface area contributed by atoms with Gasteiger partial charge in [0.25, 0.3) is 0 Å². The molecule has 4 aromatic rings. The van der Waals surface area contributed by atoms with E-state index in [2.05, 4.69) is 10.4 Å². The molecule has 0 aliphatic heterocycles. The summed E-state index contributed by atoms with van der Waals surface area (Å²) in [5, 5.41) is 7.12. The number of carbonyl (C=O) groups is 1. The van der Waals surface area contributed by atoms with Gasteiger partial charge in [0.05, 0.1) is 18.3 Å². The van der Waals surface area contributed by atoms with Gasteiger partial charge in [0, 0.05) is 18.3 Å². The lowest BCUT2D eigenvalue weighted by atomic mass is 10.1. The van der Waals surface area contributed by atoms with Crippen LogP contribution in [-0.4, -0.2) is 26.8 Å². The first-order valence-electron chi connectivity index (χ1n) is 8.64. The molecule has 0 atom stereocenters. The lowest BCUT2D eigenvalue weighted by Gasteiger charge is -2.06. The van der Waals surface area contributed by atoms with Crippen molar-refractivity contribution in [2.45, 2.75) is 13.1 Å². The summed E-state index contributed by atoms with van der Waals surface area (Å²) in [6.45, 7) is 0.878. The molecule has 2 aromatic carbocycles. The quantitative estimate of drug-likeness (QED) is 0.570. The van der Waals surface area contributed by atoms with Gasteiger partial charge in [0.2, 0.25) is 5.91 Å². The zero-order valence-corrected chi connectivity index (χ0v) is 14.5. The van der Waals surface area contributed by atoms with Crippen LogP contribution in [0, 0.1) is 0 Å². The standard InChI is InChI=1S/C20H18N4O3/c25-19(14-24-17-8-4-5-9-18(17)27-20(24)26)21-10-11-23-13-16(12-22-23)15-6-2-1-3-7-15/h1-9,12-13H,10-11,14H2,(H,21,25). The third kappa shape index (κ3) is 3.67. The molecule has 7 nitrogen and oxygen atoms in total. The number of amides is 1. The fourth-order valence-corrected chi connectivity index (χ4v) is 2.94. The molecule has 0 saturated carbocycles. The molecule has 2 aromatic heterocycles. The number of oxazole rings is 1. The van der Waals surface area contributed by atoms with E-state index in [1.165, 1.54) is 4.57 Å². The SMILES string of the molecule is O=C(Cn1c(=O)oc2ccccc21)NCCn1cc(-c2ccccc2)cn1. The van der Waals surface area contributed by atoms with Crippen LogP contribution >= 0.6 is 0 Å². The summed E-state index contributed by atoms with van der Waals surface area (Å²) in [5.74, 6) is -0.787. The van der Waals surface area contributed by atoms with Crippen LogP contribution in [0.15, 0.2) is 76.2 Å². The Kier molecular flexibility index (Phi) is 4.57. The van der Waals surface area contributed by atoms with E-state index in [0.29, 0.717) is 24.2 Å². The maximum atomic E-state index is 12.2. The molecular weight excluding hydrogens is 344 g/mol. The summed E-state index contributed by atoms with van der Waals surface area (Å²) in [4.78, 5) is 24.1. The summed E-state index contributed by atoms with van der Waals surface area (Å²) in [6.07, 6.45) is 3.74. The average Bonchev–Trinajstić information content (AvgIpc) is 3.28. The molecule has 0 radical (unpaired) electrons. The van der Waals surface area contributed by atoms with Crippen molar-refractivity contribution in [1.82, 2.24) is 19.7 Å². The molecule has 4 rings (SSSR count). The van der Waals surface area contributed by atoms with E-state index < -0.39 is 5.76 Å². The van der Waals surface area contributed by atoms with E-state index in [0.717, 1.165) is 11.1 Å². The van der Waals surface area contributed by atoms with E-state index in [9.17, 15) is 9.59 Å². The molecule has 0 bridgehead atoms. The predicted octanol–water partition coefficient (Wildman–Crippen LogP) is 2.27. The van der Waals surface area contributed by atoms with Crippen LogP contribution in [0.1, 0.15) is 0 Å². The van der Waals surface area contributed by atoms with Gasteiger partial charge < -0.3 is 9.73 Å². The van der Waals surface area contributed by atoms with Crippen LogP contribution in [0.25, 0.3) is 22.2 Å². The van der Waals surface area contributed by atoms with Gasteiger partial charge in [-0.3, -0.25) is 14.0 Å². The first-order chi connectivity index (χ1) is 13.2. The Bertz CT molecular complexity index is 1120. The number of benzene rings is 2. The summed E-state index contributed by atoms with van der Waals surface area (Å²) in [6, 6.07) is 17.0. The molecule has 7 heteroatoms. The highest BCUT2D eigenvalue weighted by molar-refractivity contribution is 5.79. The van der Waals surface area contributed by atoms with Gasteiger partial charge in [-0.15, -0.1) is 0 Å². The number of hydrogen-bond donors (Lipinski definition) is 1. The Labute approximate surface area is 154 Å². The predicted molar refractivity (Wildman–Crippen MR) is 101 cm³/mol. The number of nitrogens with one attached hydrogen (secondary N) is 1. The van der Waals surface area contributed by atoms with Crippen molar-refractivity contribution in [1.29, 1.82) is 0 Å². The summed E-state index contributed by atoms with van der Waals surface area (Å²) >= 11 is 0. The Morgan fingerprint density at radius 3 is 2.67 bits per heavy atom. The molecule has 0 unspecified atom stereocenters. The van der Waals surface area contributed by atoms with E-state index in [-0.39, 0.29) is 12.5 Å². The van der Waals surface area contributed by atoms with Crippen LogP contribution in [0.5, 0.6) is 0 Å². The normalized spacial score (nSPS) is 11.0. The number of aromatic nitrogens is 3. The van der Waals surface area contributed by atoms with Gasteiger partial charge in [-0.25, -0.2) is 4.79 Å². The fraction of sp³-hybridized carbons (Fsp3) is 0.150. The summed E-state index contributed by atoms with van der Waals surface area (Å²) < 4.78 is 8.24. The van der Waals surface area contributed by atoms with Crippen molar-refractivity contribution in [3.63, 3.8) is 0 Å². The second-order valence-corrected chi connectivity index (χ2v) is 6.13. The second kappa shape index (κ2) is 7.33. The van der Waals surface area contributed by atoms with Gasteiger partial charge >= 0.3 is 5.76 Å². The van der Waals surface area contributed by atoms with Crippen molar-refractivity contribution in [3.05, 3.63) is 77.5 Å². The zero-order valence-electron chi connectivity index (χ0n) is 14.5. The maximum absolute atomic E-state index is 12.2. The maximum Gasteiger partial charge on any atom is 0.420 e. The van der Waals surface area contributed by atoms with E-state index >= 15 is 0 Å². The Morgan fingerprint density at radius 2 is 1.81 bits per heavy atom. The van der Waals surface area contributed by atoms with Crippen LogP contribution in [0.4, 0.5) is 0 Å². The number of nitrogens with zero attached hydrogens (tertiary/aromatic N) is 3. The Balaban J connectivity index is 1.34. The molecule has 0 aliphatic rings. The molecule has 136 valence electrons. The van der Waals surface area contributed by atoms with E-state index in [4.69, 9.17) is 4.42 Å². The van der Waals surface area contributed by atoms with Crippen molar-refractivity contribution < 1.29 is 9.21 Å². The molecule has 0 fully saturated rings. The minimum absolute atomic E-state index is 0.0791. The summed E-state index contributed by atoms with van der Waals surface area (Å²) in [7, 11) is 0. The first kappa shape index (κ1) is 16.8. The molecule has 27 heavy (non-hydrogen) atoms. The average molecular weight is 362 g/mol. The van der Waals surface area contributed by atoms with Gasteiger partial charge in [-0.05, 0) is 17.7 Å². The van der Waals surface area contributed by atoms with Crippen molar-refractivity contribution in [2.75, 3.05) is 6.54 Å². The number of rotatable bonds is 6. The molecule has 1 N–H and O–H groups in total. The van der Waals surface area contributed by atoms with Crippen LogP contribution in [0.2, 0.25) is 0 Å². The van der Waals surface area contributed by atoms with Crippen LogP contribution in [0.3, 0.4) is 0 Å². The molecule has 0 aliphatic carbocycles. The van der Waals surface area contributed by atoms with Gasteiger partial charge in [0.1, 0.15) is 6.54 Å². The molecule has 0 saturated heterocycles. The van der Waals surface area contributed by atoms with Crippen LogP contribution in [-0.2, 0) is 17.9 Å². The van der Waals surface area contributed by atoms with Gasteiger partial charge in [-0.2, -0.15) is 5.10 Å². The third-order valence-corrected chi connectivity index (χ3v) is 4.28. The highest BCUT2D eigenvalue weighted by Gasteiger charge is 2.12. The smallest absolute Gasteiger partial charge is 0.408 e. The molecule has 1 amide bonds. The largest absolute Gasteiger partial charge is 0.420 e. The molecular formula is C20H18N4O3. The second-order valence-electron chi connectivity index (χ2n) is 6.13. The van der Waals surface area contributed by atoms with Crippen molar-refractivity contribution in [3.8, 4) is 11.1 Å². The van der Waals surface area contributed by atoms with Crippen LogP contribution < -0.4 is 11.1 Å². The fourth-order valence-electron chi connectivity index (χ4n) is 2.94. The monoisotopic (exact) mass is 362 g/mol. The lowest BCUT2D eigenvalue weighted by Crippen LogP contribution is -2.32. The highest BCUT2D eigenvalue weighted by atomic mass is 16.4. The molecule has 0 spiro atoms. The Hall–Kier alpha value is -3.61. The highest BCUT2D eigenvalue weighted by Crippen LogP contribution is 2.17. The number of carbonyl (C=O) groups excluding carboxylic acids is 1. The van der Waals surface area contributed by atoms with Gasteiger partial charge in [-0.1, -0.05) is 42.5 Å². The Morgan fingerprint density at radius 1 is 1.04 bits per heavy atom. The number of para-hydroxylation sites is 2. The minimum atomic E-state index is -0.536. The van der Waals surface area contributed by atoms with E-state index in [1.54, 1.807) is 35.1 Å². The number of hydrogen-bond acceptors (Lipinski definition) is 4. The van der Waals surface area contributed by atoms with Gasteiger partial charge in [0.15, 0.2) is 5.58 Å². The first-order valence-corrected chi connectivity index (χ1v) is 8.64. The van der Waals surface area contributed by atoms with Crippen molar-refractivity contribution >= 4 is 17.0 Å². The molecule has 2 heterocycles. The minimum Gasteiger partial charge on any atom is -0.408 e. The zero-order chi connectivity index (χ0) is 18.6. The van der Waals surface area contributed by atoms with E-state index in [1.807, 2.05) is 36.5 Å². The lowest BCUT2D eigenvalue weighted by molar-refractivity contribution is -0.121.